The molecule has 348 valence electrons. The summed E-state index contributed by atoms with van der Waals surface area (Å²) in [7, 11) is 0. The van der Waals surface area contributed by atoms with Crippen molar-refractivity contribution in [3.05, 3.63) is 132 Å². The molecule has 3 rings (SSSR count). The first-order valence-corrected chi connectivity index (χ1v) is 25.6. The van der Waals surface area contributed by atoms with Gasteiger partial charge in [-0.25, -0.2) is 0 Å². The van der Waals surface area contributed by atoms with Crippen molar-refractivity contribution in [2.45, 2.75) is 205 Å². The summed E-state index contributed by atoms with van der Waals surface area (Å²) in [5, 5.41) is 0. The third kappa shape index (κ3) is 24.1. The van der Waals surface area contributed by atoms with E-state index in [2.05, 4.69) is 74.5 Å². The number of ether oxygens (including phenoxy) is 3. The van der Waals surface area contributed by atoms with Crippen LogP contribution >= 0.6 is 0 Å². The fourth-order valence-electron chi connectivity index (χ4n) is 8.33. The summed E-state index contributed by atoms with van der Waals surface area (Å²) in [6, 6.07) is 30.5. The summed E-state index contributed by atoms with van der Waals surface area (Å²) in [6.07, 6.45) is 40.6. The van der Waals surface area contributed by atoms with E-state index in [9.17, 15) is 9.59 Å². The van der Waals surface area contributed by atoms with Crippen LogP contribution in [0.1, 0.15) is 210 Å². The molecule has 0 fully saturated rings. The van der Waals surface area contributed by atoms with E-state index in [-0.39, 0.29) is 25.2 Å². The third-order valence-electron chi connectivity index (χ3n) is 12.1. The van der Waals surface area contributed by atoms with Gasteiger partial charge in [-0.3, -0.25) is 9.59 Å². The molecule has 0 radical (unpaired) electrons. The summed E-state index contributed by atoms with van der Waals surface area (Å²) < 4.78 is 19.0. The van der Waals surface area contributed by atoms with Gasteiger partial charge in [-0.2, -0.15) is 0 Å². The van der Waals surface area contributed by atoms with Gasteiger partial charge in [-0.1, -0.05) is 251 Å². The smallest absolute Gasteiger partial charge is 0.306 e. The van der Waals surface area contributed by atoms with E-state index in [1.807, 2.05) is 54.6 Å². The molecule has 1 unspecified atom stereocenters. The highest BCUT2D eigenvalue weighted by Crippen LogP contribution is 2.40. The van der Waals surface area contributed by atoms with Crippen molar-refractivity contribution in [3.8, 4) is 0 Å². The second-order valence-corrected chi connectivity index (χ2v) is 17.6. The lowest BCUT2D eigenvalue weighted by molar-refractivity contribution is -0.165. The second-order valence-electron chi connectivity index (χ2n) is 17.6. The normalized spacial score (nSPS) is 12.3. The highest BCUT2D eigenvalue weighted by molar-refractivity contribution is 5.70. The summed E-state index contributed by atoms with van der Waals surface area (Å²) >= 11 is 0. The largest absolute Gasteiger partial charge is 0.462 e. The fraction of sp³-hybridized carbons (Fsp3) is 0.586. The molecule has 0 aromatic heterocycles. The molecule has 0 bridgehead atoms. The summed E-state index contributed by atoms with van der Waals surface area (Å²) in [4.78, 5) is 26.4. The summed E-state index contributed by atoms with van der Waals surface area (Å²) in [5.41, 5.74) is 1.90. The van der Waals surface area contributed by atoms with Gasteiger partial charge < -0.3 is 14.2 Å². The van der Waals surface area contributed by atoms with Gasteiger partial charge >= 0.3 is 11.9 Å². The first-order chi connectivity index (χ1) is 31.1. The Labute approximate surface area is 384 Å². The Hall–Kier alpha value is -3.96. The van der Waals surface area contributed by atoms with E-state index in [4.69, 9.17) is 14.2 Å². The molecule has 0 aliphatic rings. The van der Waals surface area contributed by atoms with Gasteiger partial charge in [0.25, 0.3) is 0 Å². The van der Waals surface area contributed by atoms with Crippen LogP contribution in [0, 0.1) is 0 Å². The molecule has 3 aromatic carbocycles. The number of hydrogen-bond donors (Lipinski definition) is 0. The summed E-state index contributed by atoms with van der Waals surface area (Å²) in [6.45, 7) is 4.53. The highest BCUT2D eigenvalue weighted by atomic mass is 16.6. The molecule has 1 atom stereocenters. The Balaban J connectivity index is 1.49. The second kappa shape index (κ2) is 36.4. The molecule has 0 N–H and O–H groups in total. The summed E-state index contributed by atoms with van der Waals surface area (Å²) in [5.74, 6) is -0.530. The van der Waals surface area contributed by atoms with Crippen molar-refractivity contribution < 1.29 is 23.8 Å². The van der Waals surface area contributed by atoms with Crippen molar-refractivity contribution in [2.24, 2.45) is 0 Å². The van der Waals surface area contributed by atoms with Crippen LogP contribution in [0.3, 0.4) is 0 Å². The van der Waals surface area contributed by atoms with Crippen molar-refractivity contribution in [3.63, 3.8) is 0 Å². The molecule has 0 saturated carbocycles. The van der Waals surface area contributed by atoms with Gasteiger partial charge in [0, 0.05) is 12.8 Å². The van der Waals surface area contributed by atoms with Gasteiger partial charge in [-0.15, -0.1) is 0 Å². The fourth-order valence-corrected chi connectivity index (χ4v) is 8.33. The topological polar surface area (TPSA) is 61.8 Å². The van der Waals surface area contributed by atoms with Crippen LogP contribution in [-0.4, -0.2) is 31.3 Å². The number of esters is 2. The van der Waals surface area contributed by atoms with E-state index in [0.717, 1.165) is 80.9 Å². The van der Waals surface area contributed by atoms with Crippen molar-refractivity contribution in [1.82, 2.24) is 0 Å². The zero-order valence-corrected chi connectivity index (χ0v) is 39.8. The minimum absolute atomic E-state index is 0.0417. The number of unbranched alkanes of at least 4 members (excludes halogenated alkanes) is 22. The molecule has 0 heterocycles. The van der Waals surface area contributed by atoms with Gasteiger partial charge in [0.1, 0.15) is 12.2 Å². The van der Waals surface area contributed by atoms with Crippen LogP contribution in [0.2, 0.25) is 0 Å². The van der Waals surface area contributed by atoms with E-state index >= 15 is 0 Å². The molecule has 3 aromatic rings. The van der Waals surface area contributed by atoms with Crippen LogP contribution in [0.4, 0.5) is 0 Å². The molecule has 63 heavy (non-hydrogen) atoms. The molecule has 5 nitrogen and oxygen atoms in total. The predicted octanol–water partition coefficient (Wildman–Crippen LogP) is 16.5. The van der Waals surface area contributed by atoms with Gasteiger partial charge in [-0.05, 0) is 61.6 Å². The van der Waals surface area contributed by atoms with Crippen LogP contribution in [0.25, 0.3) is 0 Å². The van der Waals surface area contributed by atoms with Gasteiger partial charge in [0.2, 0.25) is 0 Å². The molecule has 5 heteroatoms. The van der Waals surface area contributed by atoms with E-state index < -0.39 is 11.7 Å². The van der Waals surface area contributed by atoms with E-state index in [0.29, 0.717) is 12.8 Å². The van der Waals surface area contributed by atoms with Crippen LogP contribution in [0.5, 0.6) is 0 Å². The van der Waals surface area contributed by atoms with Crippen LogP contribution in [0.15, 0.2) is 115 Å². The predicted molar refractivity (Wildman–Crippen MR) is 265 cm³/mol. The lowest BCUT2D eigenvalue weighted by Crippen LogP contribution is -2.38. The van der Waals surface area contributed by atoms with Crippen LogP contribution in [-0.2, 0) is 29.4 Å². The SMILES string of the molecule is CCCCCC=CCC=CCCCCCCCC(=O)OC(COC(=O)CCCCCCCCCCCCCCCCC)COC(c1ccccc1)(c1ccccc1)c1ccccc1. The maximum Gasteiger partial charge on any atom is 0.306 e. The van der Waals surface area contributed by atoms with Gasteiger partial charge in [0.15, 0.2) is 6.10 Å². The number of rotatable bonds is 39. The standard InChI is InChI=1S/C58H86O5/c1-3-5-7-9-11-13-15-17-19-21-23-25-27-29-40-48-56(59)61-50-55(63-57(60)49-41-30-28-26-24-22-20-18-16-14-12-10-8-6-4-2)51-62-58(52-42-34-31-35-43-52,53-44-36-32-37-45-53)54-46-38-33-39-47-54/h12,14,18,20,31-39,42-47,55H,3-11,13,15-17,19,21-30,40-41,48-51H2,1-2H3. The molecule has 0 aliphatic carbocycles. The third-order valence-corrected chi connectivity index (χ3v) is 12.1. The molecule has 0 aliphatic heterocycles. The zero-order chi connectivity index (χ0) is 44.7. The molecule has 0 spiro atoms. The number of carbonyl (C=O) groups excluding carboxylic acids is 2. The number of hydrogen-bond acceptors (Lipinski definition) is 5. The van der Waals surface area contributed by atoms with Gasteiger partial charge in [0.05, 0.1) is 6.61 Å². The first-order valence-electron chi connectivity index (χ1n) is 25.6. The Morgan fingerprint density at radius 3 is 1.25 bits per heavy atom. The van der Waals surface area contributed by atoms with E-state index in [1.165, 1.54) is 103 Å². The van der Waals surface area contributed by atoms with E-state index in [1.54, 1.807) is 0 Å². The average Bonchev–Trinajstić information content (AvgIpc) is 3.31. The minimum Gasteiger partial charge on any atom is -0.462 e. The number of allylic oxidation sites excluding steroid dienone is 4. The Bertz CT molecular complexity index is 1490. The van der Waals surface area contributed by atoms with Crippen molar-refractivity contribution in [2.75, 3.05) is 13.2 Å². The Morgan fingerprint density at radius 1 is 0.444 bits per heavy atom. The quantitative estimate of drug-likeness (QED) is 0.0247. The zero-order valence-electron chi connectivity index (χ0n) is 39.8. The molecule has 0 saturated heterocycles. The first kappa shape index (κ1) is 53.4. The maximum atomic E-state index is 13.4. The number of carbonyl (C=O) groups is 2. The number of benzene rings is 3. The highest BCUT2D eigenvalue weighted by Gasteiger charge is 2.38. The lowest BCUT2D eigenvalue weighted by atomic mass is 9.80. The molecular weight excluding hydrogens is 777 g/mol. The van der Waals surface area contributed by atoms with Crippen molar-refractivity contribution in [1.29, 1.82) is 0 Å². The Morgan fingerprint density at radius 2 is 0.810 bits per heavy atom. The lowest BCUT2D eigenvalue weighted by Gasteiger charge is -2.37. The Kier molecular flexibility index (Phi) is 30.8. The van der Waals surface area contributed by atoms with Crippen LogP contribution < -0.4 is 0 Å². The van der Waals surface area contributed by atoms with Crippen molar-refractivity contribution >= 4 is 11.9 Å². The minimum atomic E-state index is -0.980. The molecular formula is C58H86O5. The average molecular weight is 863 g/mol. The monoisotopic (exact) mass is 863 g/mol. The maximum absolute atomic E-state index is 13.4. The molecule has 0 amide bonds.